The number of halogens is 1. The summed E-state index contributed by atoms with van der Waals surface area (Å²) < 4.78 is 0. The molecule has 0 aliphatic heterocycles. The maximum atomic E-state index is 8.80. The van der Waals surface area contributed by atoms with Gasteiger partial charge in [-0.2, -0.15) is 0 Å². The normalized spacial score (nSPS) is 12.1. The van der Waals surface area contributed by atoms with Crippen LogP contribution in [-0.4, -0.2) is 16.7 Å². The number of pyridine rings is 1. The van der Waals surface area contributed by atoms with Crippen LogP contribution in [0.15, 0.2) is 36.4 Å². The van der Waals surface area contributed by atoms with E-state index in [1.807, 2.05) is 36.4 Å². The Hall–Kier alpha value is -1.16. The smallest absolute Gasteiger partial charge is 0.0706 e. The van der Waals surface area contributed by atoms with E-state index in [2.05, 4.69) is 4.98 Å². The first-order chi connectivity index (χ1) is 7.31. The summed E-state index contributed by atoms with van der Waals surface area (Å²) in [5.41, 5.74) is 7.66. The summed E-state index contributed by atoms with van der Waals surface area (Å²) in [6.45, 7) is 0.0929. The van der Waals surface area contributed by atoms with Gasteiger partial charge in [0, 0.05) is 18.0 Å². The molecule has 0 radical (unpaired) electrons. The number of hydrogen-bond acceptors (Lipinski definition) is 3. The highest BCUT2D eigenvalue weighted by Crippen LogP contribution is 2.16. The van der Waals surface area contributed by atoms with E-state index in [4.69, 9.17) is 10.8 Å². The van der Waals surface area contributed by atoms with Gasteiger partial charge in [0.1, 0.15) is 0 Å². The van der Waals surface area contributed by atoms with E-state index in [-0.39, 0.29) is 25.1 Å². The molecule has 0 saturated carbocycles. The van der Waals surface area contributed by atoms with Gasteiger partial charge in [0.2, 0.25) is 0 Å². The topological polar surface area (TPSA) is 59.1 Å². The number of aliphatic hydroxyl groups is 1. The number of nitrogens with two attached hydrogens (primary N) is 1. The number of aliphatic hydroxyl groups excluding tert-OH is 1. The molecule has 3 N–H and O–H groups in total. The van der Waals surface area contributed by atoms with Crippen LogP contribution in [0.25, 0.3) is 10.9 Å². The fourth-order valence-corrected chi connectivity index (χ4v) is 1.58. The Morgan fingerprint density at radius 1 is 1.19 bits per heavy atom. The van der Waals surface area contributed by atoms with Crippen LogP contribution in [0.4, 0.5) is 0 Å². The molecule has 2 aromatic rings. The third kappa shape index (κ3) is 2.70. The van der Waals surface area contributed by atoms with Gasteiger partial charge in [0.15, 0.2) is 0 Å². The van der Waals surface area contributed by atoms with Crippen molar-refractivity contribution < 1.29 is 5.11 Å². The van der Waals surface area contributed by atoms with Crippen molar-refractivity contribution in [1.29, 1.82) is 0 Å². The number of para-hydroxylation sites is 1. The molecular weight excluding hydrogens is 224 g/mol. The van der Waals surface area contributed by atoms with Crippen LogP contribution in [0.5, 0.6) is 0 Å². The monoisotopic (exact) mass is 238 g/mol. The van der Waals surface area contributed by atoms with Crippen LogP contribution in [0.2, 0.25) is 0 Å². The van der Waals surface area contributed by atoms with Gasteiger partial charge < -0.3 is 10.8 Å². The quantitative estimate of drug-likeness (QED) is 0.860. The van der Waals surface area contributed by atoms with Gasteiger partial charge in [0.05, 0.1) is 11.2 Å². The molecule has 4 heteroatoms. The third-order valence-corrected chi connectivity index (χ3v) is 2.44. The Balaban J connectivity index is 0.00000128. The van der Waals surface area contributed by atoms with Crippen molar-refractivity contribution in [2.45, 2.75) is 12.5 Å². The fourth-order valence-electron chi connectivity index (χ4n) is 1.58. The molecule has 1 aromatic carbocycles. The Morgan fingerprint density at radius 2 is 1.94 bits per heavy atom. The molecule has 3 nitrogen and oxygen atoms in total. The lowest BCUT2D eigenvalue weighted by Crippen LogP contribution is -2.13. The lowest BCUT2D eigenvalue weighted by Gasteiger charge is -2.09. The molecule has 0 saturated heterocycles. The van der Waals surface area contributed by atoms with Crippen molar-refractivity contribution in [2.24, 2.45) is 5.73 Å². The van der Waals surface area contributed by atoms with Gasteiger partial charge in [-0.15, -0.1) is 12.4 Å². The van der Waals surface area contributed by atoms with Crippen molar-refractivity contribution in [3.05, 3.63) is 42.1 Å². The molecule has 0 aliphatic rings. The van der Waals surface area contributed by atoms with E-state index in [9.17, 15) is 0 Å². The summed E-state index contributed by atoms with van der Waals surface area (Å²) in [5.74, 6) is 0. The van der Waals surface area contributed by atoms with E-state index in [1.54, 1.807) is 0 Å². The number of rotatable bonds is 3. The number of nitrogens with zero attached hydrogens (tertiary/aromatic N) is 1. The first-order valence-electron chi connectivity index (χ1n) is 5.03. The van der Waals surface area contributed by atoms with E-state index < -0.39 is 0 Å². The van der Waals surface area contributed by atoms with Crippen molar-refractivity contribution in [2.75, 3.05) is 6.61 Å². The Labute approximate surface area is 101 Å². The molecule has 1 atom stereocenters. The van der Waals surface area contributed by atoms with E-state index >= 15 is 0 Å². The van der Waals surface area contributed by atoms with Crippen molar-refractivity contribution in [3.63, 3.8) is 0 Å². The number of hydrogen-bond donors (Lipinski definition) is 2. The highest BCUT2D eigenvalue weighted by atomic mass is 35.5. The molecule has 2 rings (SSSR count). The highest BCUT2D eigenvalue weighted by molar-refractivity contribution is 5.85. The average Bonchev–Trinajstić information content (AvgIpc) is 2.29. The summed E-state index contributed by atoms with van der Waals surface area (Å²) >= 11 is 0. The zero-order chi connectivity index (χ0) is 10.7. The summed E-state index contributed by atoms with van der Waals surface area (Å²) in [4.78, 5) is 4.46. The minimum atomic E-state index is -0.181. The molecule has 1 heterocycles. The Kier molecular flexibility index (Phi) is 4.68. The lowest BCUT2D eigenvalue weighted by molar-refractivity contribution is 0.275. The second-order valence-corrected chi connectivity index (χ2v) is 3.55. The van der Waals surface area contributed by atoms with Gasteiger partial charge in [-0.25, -0.2) is 0 Å². The Morgan fingerprint density at radius 3 is 2.69 bits per heavy atom. The molecule has 0 fully saturated rings. The van der Waals surface area contributed by atoms with Crippen LogP contribution in [0.1, 0.15) is 18.2 Å². The molecule has 0 spiro atoms. The number of aromatic nitrogens is 1. The predicted octanol–water partition coefficient (Wildman–Crippen LogP) is 2.04. The molecular formula is C12H15ClN2O. The fraction of sp³-hybridized carbons (Fsp3) is 0.250. The van der Waals surface area contributed by atoms with Crippen LogP contribution < -0.4 is 5.73 Å². The second-order valence-electron chi connectivity index (χ2n) is 3.55. The summed E-state index contributed by atoms with van der Waals surface area (Å²) in [6, 6.07) is 11.7. The van der Waals surface area contributed by atoms with Crippen LogP contribution in [0.3, 0.4) is 0 Å². The van der Waals surface area contributed by atoms with E-state index in [1.165, 1.54) is 0 Å². The molecule has 0 unspecified atom stereocenters. The highest BCUT2D eigenvalue weighted by Gasteiger charge is 2.06. The van der Waals surface area contributed by atoms with Crippen LogP contribution >= 0.6 is 12.4 Å². The van der Waals surface area contributed by atoms with Gasteiger partial charge >= 0.3 is 0 Å². The largest absolute Gasteiger partial charge is 0.396 e. The standard InChI is InChI=1S/C12H14N2O.ClH/c13-10(7-8-15)12-6-5-9-3-1-2-4-11(9)14-12;/h1-6,10,15H,7-8,13H2;1H/t10-;/m0./s1. The molecule has 0 aliphatic carbocycles. The number of fused-ring (bicyclic) bond motifs is 1. The maximum absolute atomic E-state index is 8.80. The second kappa shape index (κ2) is 5.80. The van der Waals surface area contributed by atoms with Crippen molar-refractivity contribution in [1.82, 2.24) is 4.98 Å². The van der Waals surface area contributed by atoms with Gasteiger partial charge in [0.25, 0.3) is 0 Å². The Bertz CT molecular complexity index is 461. The molecule has 1 aromatic heterocycles. The summed E-state index contributed by atoms with van der Waals surface area (Å²) in [6.07, 6.45) is 0.547. The summed E-state index contributed by atoms with van der Waals surface area (Å²) in [7, 11) is 0. The van der Waals surface area contributed by atoms with Gasteiger partial charge in [-0.1, -0.05) is 24.3 Å². The lowest BCUT2D eigenvalue weighted by atomic mass is 10.1. The average molecular weight is 239 g/mol. The van der Waals surface area contributed by atoms with E-state index in [0.717, 1.165) is 16.6 Å². The minimum absolute atomic E-state index is 0. The van der Waals surface area contributed by atoms with Gasteiger partial charge in [-0.3, -0.25) is 4.98 Å². The first kappa shape index (κ1) is 12.9. The minimum Gasteiger partial charge on any atom is -0.396 e. The molecule has 0 amide bonds. The molecule has 0 bridgehead atoms. The third-order valence-electron chi connectivity index (χ3n) is 2.44. The predicted molar refractivity (Wildman–Crippen MR) is 67.6 cm³/mol. The maximum Gasteiger partial charge on any atom is 0.0706 e. The van der Waals surface area contributed by atoms with Crippen LogP contribution in [-0.2, 0) is 0 Å². The molecule has 86 valence electrons. The van der Waals surface area contributed by atoms with Crippen molar-refractivity contribution >= 4 is 23.3 Å². The summed E-state index contributed by atoms with van der Waals surface area (Å²) in [5, 5.41) is 9.91. The first-order valence-corrected chi connectivity index (χ1v) is 5.03. The van der Waals surface area contributed by atoms with Crippen molar-refractivity contribution in [3.8, 4) is 0 Å². The SMILES string of the molecule is Cl.N[C@@H](CCO)c1ccc2ccccc2n1. The van der Waals surface area contributed by atoms with Crippen LogP contribution in [0, 0.1) is 0 Å². The zero-order valence-electron chi connectivity index (χ0n) is 8.84. The van der Waals surface area contributed by atoms with E-state index in [0.29, 0.717) is 6.42 Å². The number of benzene rings is 1. The van der Waals surface area contributed by atoms with Gasteiger partial charge in [-0.05, 0) is 18.6 Å². The zero-order valence-corrected chi connectivity index (χ0v) is 9.65. The molecule has 16 heavy (non-hydrogen) atoms.